The summed E-state index contributed by atoms with van der Waals surface area (Å²) in [4.78, 5) is 30.2. The summed E-state index contributed by atoms with van der Waals surface area (Å²) in [6, 6.07) is 10.1. The first-order valence-corrected chi connectivity index (χ1v) is 10.4. The second-order valence-electron chi connectivity index (χ2n) is 7.77. The molecule has 1 saturated heterocycles. The van der Waals surface area contributed by atoms with Gasteiger partial charge in [-0.2, -0.15) is 0 Å². The molecule has 7 heteroatoms. The molecule has 4 rings (SSSR count). The van der Waals surface area contributed by atoms with Crippen molar-refractivity contribution in [3.05, 3.63) is 52.8 Å². The molecule has 1 aromatic heterocycles. The fourth-order valence-corrected chi connectivity index (χ4v) is 4.11. The number of rotatable bonds is 7. The van der Waals surface area contributed by atoms with Crippen LogP contribution in [0.4, 0.5) is 5.69 Å². The van der Waals surface area contributed by atoms with Crippen LogP contribution in [0, 0.1) is 5.92 Å². The lowest BCUT2D eigenvalue weighted by molar-refractivity contribution is -0.122. The van der Waals surface area contributed by atoms with Gasteiger partial charge in [-0.05, 0) is 61.8 Å². The maximum Gasteiger partial charge on any atom is 0.256 e. The van der Waals surface area contributed by atoms with E-state index in [4.69, 9.17) is 0 Å². The van der Waals surface area contributed by atoms with E-state index in [-0.39, 0.29) is 30.1 Å². The lowest BCUT2D eigenvalue weighted by atomic mass is 9.95. The molecular weight excluding hydrogens is 400 g/mol. The van der Waals surface area contributed by atoms with Crippen molar-refractivity contribution in [1.29, 1.82) is 0 Å². The molecule has 2 aromatic rings. The van der Waals surface area contributed by atoms with Crippen LogP contribution >= 0.6 is 12.4 Å². The van der Waals surface area contributed by atoms with E-state index in [9.17, 15) is 9.59 Å². The number of carbonyl (C=O) groups excluding carboxylic acids is 2. The minimum atomic E-state index is -0.0874. The summed E-state index contributed by atoms with van der Waals surface area (Å²) in [7, 11) is 0. The van der Waals surface area contributed by atoms with Crippen molar-refractivity contribution in [3.8, 4) is 0 Å². The highest BCUT2D eigenvalue weighted by Crippen LogP contribution is 2.34. The van der Waals surface area contributed by atoms with Crippen molar-refractivity contribution < 1.29 is 9.59 Å². The van der Waals surface area contributed by atoms with Crippen LogP contribution in [0.2, 0.25) is 0 Å². The molecule has 0 spiro atoms. The van der Waals surface area contributed by atoms with Crippen molar-refractivity contribution in [1.82, 2.24) is 15.2 Å². The van der Waals surface area contributed by atoms with E-state index in [2.05, 4.69) is 40.4 Å². The third-order valence-corrected chi connectivity index (χ3v) is 5.87. The first kappa shape index (κ1) is 22.1. The third kappa shape index (κ3) is 4.60. The number of hydrogen-bond donors (Lipinski definition) is 3. The Bertz CT molecular complexity index is 962. The molecule has 0 saturated carbocycles. The smallest absolute Gasteiger partial charge is 0.256 e. The van der Waals surface area contributed by atoms with E-state index in [1.54, 1.807) is 0 Å². The summed E-state index contributed by atoms with van der Waals surface area (Å²) in [6.07, 6.45) is 3.49. The van der Waals surface area contributed by atoms with E-state index in [0.29, 0.717) is 12.0 Å². The number of halogens is 1. The maximum atomic E-state index is 12.6. The number of amides is 2. The van der Waals surface area contributed by atoms with Gasteiger partial charge in [0.25, 0.3) is 5.91 Å². The fraction of sp³-hybridized carbons (Fsp3) is 0.391. The van der Waals surface area contributed by atoms with Crippen LogP contribution in [0.5, 0.6) is 0 Å². The van der Waals surface area contributed by atoms with Gasteiger partial charge in [0.1, 0.15) is 0 Å². The number of H-pyrrole nitrogens is 1. The molecule has 1 fully saturated rings. The van der Waals surface area contributed by atoms with Crippen LogP contribution in [0.1, 0.15) is 42.8 Å². The lowest BCUT2D eigenvalue weighted by Gasteiger charge is -2.16. The number of aromatic nitrogens is 1. The summed E-state index contributed by atoms with van der Waals surface area (Å²) >= 11 is 0. The van der Waals surface area contributed by atoms with Crippen LogP contribution in [-0.2, 0) is 22.6 Å². The van der Waals surface area contributed by atoms with Crippen molar-refractivity contribution in [2.24, 2.45) is 5.92 Å². The van der Waals surface area contributed by atoms with Gasteiger partial charge in [0.15, 0.2) is 0 Å². The predicted octanol–water partition coefficient (Wildman–Crippen LogP) is 3.45. The summed E-state index contributed by atoms with van der Waals surface area (Å²) in [5.41, 5.74) is 5.54. The fourth-order valence-electron chi connectivity index (χ4n) is 4.11. The van der Waals surface area contributed by atoms with Gasteiger partial charge in [0.2, 0.25) is 5.91 Å². The number of hydrogen-bond acceptors (Lipinski definition) is 3. The Labute approximate surface area is 183 Å². The van der Waals surface area contributed by atoms with Gasteiger partial charge < -0.3 is 15.6 Å². The molecule has 1 atom stereocenters. The summed E-state index contributed by atoms with van der Waals surface area (Å²) in [5, 5.41) is 5.84. The zero-order valence-electron chi connectivity index (χ0n) is 17.5. The molecule has 1 aromatic carbocycles. The molecule has 3 N–H and O–H groups in total. The molecule has 30 heavy (non-hydrogen) atoms. The summed E-state index contributed by atoms with van der Waals surface area (Å²) < 4.78 is 0. The van der Waals surface area contributed by atoms with Gasteiger partial charge in [-0.3, -0.25) is 14.5 Å². The second-order valence-corrected chi connectivity index (χ2v) is 7.77. The quantitative estimate of drug-likeness (QED) is 0.591. The van der Waals surface area contributed by atoms with E-state index >= 15 is 0 Å². The largest absolute Gasteiger partial charge is 0.358 e. The van der Waals surface area contributed by atoms with Crippen LogP contribution in [-0.4, -0.2) is 41.3 Å². The van der Waals surface area contributed by atoms with E-state index in [1.165, 1.54) is 0 Å². The van der Waals surface area contributed by atoms with Gasteiger partial charge in [-0.25, -0.2) is 0 Å². The van der Waals surface area contributed by atoms with Gasteiger partial charge in [0.05, 0.1) is 5.57 Å². The van der Waals surface area contributed by atoms with Crippen LogP contribution in [0.3, 0.4) is 0 Å². The van der Waals surface area contributed by atoms with E-state index in [1.807, 2.05) is 30.3 Å². The normalized spacial score (nSPS) is 19.0. The Morgan fingerprint density at radius 3 is 2.63 bits per heavy atom. The SMILES string of the molecule is CCN(CC)Cc1ccc(C=C2C(=O)Nc3ccc(CC4CCNC4=O)cc32)[nH]1.Cl. The highest BCUT2D eigenvalue weighted by Gasteiger charge is 2.27. The standard InChI is InChI=1S/C23H28N4O2.ClH/c1-3-27(4-2)14-18-7-6-17(25-18)13-20-19-12-15(5-8-21(19)26-23(20)29)11-16-9-10-24-22(16)28;/h5-8,12-13,16,25H,3-4,9-11,14H2,1-2H3,(H,24,28)(H,26,29);1H. The second kappa shape index (κ2) is 9.49. The molecule has 0 radical (unpaired) electrons. The zero-order valence-corrected chi connectivity index (χ0v) is 18.3. The average molecular weight is 429 g/mol. The molecule has 0 bridgehead atoms. The van der Waals surface area contributed by atoms with Crippen LogP contribution < -0.4 is 10.6 Å². The van der Waals surface area contributed by atoms with Crippen molar-refractivity contribution in [3.63, 3.8) is 0 Å². The first-order chi connectivity index (χ1) is 14.1. The van der Waals surface area contributed by atoms with Gasteiger partial charge >= 0.3 is 0 Å². The topological polar surface area (TPSA) is 77.2 Å². The number of aromatic amines is 1. The highest BCUT2D eigenvalue weighted by molar-refractivity contribution is 6.34. The predicted molar refractivity (Wildman–Crippen MR) is 122 cm³/mol. The third-order valence-electron chi connectivity index (χ3n) is 5.87. The maximum absolute atomic E-state index is 12.6. The molecule has 6 nitrogen and oxygen atoms in total. The molecule has 2 aliphatic heterocycles. The number of nitrogens with one attached hydrogen (secondary N) is 3. The minimum Gasteiger partial charge on any atom is -0.358 e. The highest BCUT2D eigenvalue weighted by atomic mass is 35.5. The zero-order chi connectivity index (χ0) is 20.4. The molecule has 160 valence electrons. The molecule has 3 heterocycles. The average Bonchev–Trinajstić information content (AvgIpc) is 3.41. The minimum absolute atomic E-state index is 0. The molecular formula is C23H29ClN4O2. The van der Waals surface area contributed by atoms with Crippen LogP contribution in [0.25, 0.3) is 11.6 Å². The molecule has 2 aliphatic rings. The Morgan fingerprint density at radius 1 is 1.13 bits per heavy atom. The number of anilines is 1. The summed E-state index contributed by atoms with van der Waals surface area (Å²) in [6.45, 7) is 7.94. The van der Waals surface area contributed by atoms with Crippen LogP contribution in [0.15, 0.2) is 30.3 Å². The number of fused-ring (bicyclic) bond motifs is 1. The molecule has 1 unspecified atom stereocenters. The Kier molecular flexibility index (Phi) is 7.00. The molecule has 0 aliphatic carbocycles. The van der Waals surface area contributed by atoms with E-state index < -0.39 is 0 Å². The number of benzene rings is 1. The number of carbonyl (C=O) groups is 2. The number of nitrogens with zero attached hydrogens (tertiary/aromatic N) is 1. The van der Waals surface area contributed by atoms with Crippen molar-refractivity contribution in [2.75, 3.05) is 25.0 Å². The van der Waals surface area contributed by atoms with Gasteiger partial charge in [-0.1, -0.05) is 19.9 Å². The lowest BCUT2D eigenvalue weighted by Crippen LogP contribution is -2.22. The molecule has 2 amide bonds. The monoisotopic (exact) mass is 428 g/mol. The van der Waals surface area contributed by atoms with Crippen molar-refractivity contribution in [2.45, 2.75) is 33.2 Å². The Morgan fingerprint density at radius 2 is 1.93 bits per heavy atom. The van der Waals surface area contributed by atoms with Gasteiger partial charge in [0, 0.05) is 41.6 Å². The van der Waals surface area contributed by atoms with E-state index in [0.717, 1.165) is 60.8 Å². The van der Waals surface area contributed by atoms with Gasteiger partial charge in [-0.15, -0.1) is 12.4 Å². The van der Waals surface area contributed by atoms with Crippen molar-refractivity contribution >= 4 is 41.6 Å². The Balaban J connectivity index is 0.00000256. The Hall–Kier alpha value is -2.57. The summed E-state index contributed by atoms with van der Waals surface area (Å²) in [5.74, 6) is 0.0646. The first-order valence-electron chi connectivity index (χ1n) is 10.4.